The van der Waals surface area contributed by atoms with Crippen molar-refractivity contribution in [3.63, 3.8) is 0 Å². The van der Waals surface area contributed by atoms with Gasteiger partial charge in [-0.1, -0.05) is 30.1 Å². The SMILES string of the molecule is CCCOC(=O)c1cc(N)c(Cl)c(Cl)c1. The van der Waals surface area contributed by atoms with Gasteiger partial charge in [0.15, 0.2) is 0 Å². The molecule has 0 aliphatic heterocycles. The van der Waals surface area contributed by atoms with Crippen LogP contribution in [0.2, 0.25) is 10.0 Å². The third kappa shape index (κ3) is 3.01. The maximum Gasteiger partial charge on any atom is 0.338 e. The monoisotopic (exact) mass is 247 g/mol. The topological polar surface area (TPSA) is 52.3 Å². The van der Waals surface area contributed by atoms with Gasteiger partial charge >= 0.3 is 5.97 Å². The number of rotatable bonds is 3. The Balaban J connectivity index is 2.91. The lowest BCUT2D eigenvalue weighted by atomic mass is 10.2. The van der Waals surface area contributed by atoms with Crippen LogP contribution in [0.5, 0.6) is 0 Å². The highest BCUT2D eigenvalue weighted by molar-refractivity contribution is 6.43. The maximum atomic E-state index is 11.4. The van der Waals surface area contributed by atoms with E-state index < -0.39 is 5.97 Å². The zero-order valence-corrected chi connectivity index (χ0v) is 9.73. The number of esters is 1. The summed E-state index contributed by atoms with van der Waals surface area (Å²) in [7, 11) is 0. The molecular weight excluding hydrogens is 237 g/mol. The average Bonchev–Trinajstić information content (AvgIpc) is 2.21. The highest BCUT2D eigenvalue weighted by Crippen LogP contribution is 2.29. The van der Waals surface area contributed by atoms with Crippen LogP contribution in [0.25, 0.3) is 0 Å². The van der Waals surface area contributed by atoms with Gasteiger partial charge in [0, 0.05) is 0 Å². The summed E-state index contributed by atoms with van der Waals surface area (Å²) in [6.07, 6.45) is 0.766. The van der Waals surface area contributed by atoms with Crippen molar-refractivity contribution in [1.29, 1.82) is 0 Å². The van der Waals surface area contributed by atoms with Gasteiger partial charge in [0.25, 0.3) is 0 Å². The summed E-state index contributed by atoms with van der Waals surface area (Å²) in [4.78, 5) is 11.4. The van der Waals surface area contributed by atoms with Crippen LogP contribution in [0.1, 0.15) is 23.7 Å². The van der Waals surface area contributed by atoms with E-state index in [0.717, 1.165) is 6.42 Å². The van der Waals surface area contributed by atoms with Crippen LogP contribution in [-0.2, 0) is 4.74 Å². The number of halogens is 2. The van der Waals surface area contributed by atoms with Crippen molar-refractivity contribution in [3.8, 4) is 0 Å². The normalized spacial score (nSPS) is 10.1. The zero-order chi connectivity index (χ0) is 11.4. The number of benzene rings is 1. The number of carbonyl (C=O) groups is 1. The molecule has 0 spiro atoms. The number of hydrogen-bond donors (Lipinski definition) is 1. The Morgan fingerprint density at radius 1 is 1.47 bits per heavy atom. The van der Waals surface area contributed by atoms with Crippen molar-refractivity contribution < 1.29 is 9.53 Å². The van der Waals surface area contributed by atoms with Gasteiger partial charge in [-0.2, -0.15) is 0 Å². The van der Waals surface area contributed by atoms with Crippen LogP contribution in [0.4, 0.5) is 5.69 Å². The molecule has 0 aromatic heterocycles. The van der Waals surface area contributed by atoms with Gasteiger partial charge in [-0.15, -0.1) is 0 Å². The standard InChI is InChI=1S/C10H11Cl2NO2/c1-2-3-15-10(14)6-4-7(11)9(12)8(13)5-6/h4-5H,2-3,13H2,1H3. The van der Waals surface area contributed by atoms with E-state index >= 15 is 0 Å². The first-order valence-electron chi connectivity index (χ1n) is 4.48. The molecule has 0 atom stereocenters. The molecule has 0 bridgehead atoms. The van der Waals surface area contributed by atoms with Crippen LogP contribution < -0.4 is 5.73 Å². The third-order valence-corrected chi connectivity index (χ3v) is 2.55. The summed E-state index contributed by atoms with van der Waals surface area (Å²) in [5, 5.41) is 0.504. The Kier molecular flexibility index (Phi) is 4.24. The fraction of sp³-hybridized carbons (Fsp3) is 0.300. The van der Waals surface area contributed by atoms with Gasteiger partial charge in [0.1, 0.15) is 0 Å². The number of hydrogen-bond acceptors (Lipinski definition) is 3. The average molecular weight is 248 g/mol. The molecule has 15 heavy (non-hydrogen) atoms. The molecule has 0 heterocycles. The van der Waals surface area contributed by atoms with Crippen molar-refractivity contribution >= 4 is 34.9 Å². The van der Waals surface area contributed by atoms with Gasteiger partial charge in [-0.25, -0.2) is 4.79 Å². The number of ether oxygens (including phenoxy) is 1. The van der Waals surface area contributed by atoms with Gasteiger partial charge < -0.3 is 10.5 Å². The van der Waals surface area contributed by atoms with Crippen LogP contribution in [0, 0.1) is 0 Å². The Hall–Kier alpha value is -0.930. The largest absolute Gasteiger partial charge is 0.462 e. The van der Waals surface area contributed by atoms with Crippen molar-refractivity contribution in [2.24, 2.45) is 0 Å². The molecule has 0 amide bonds. The Labute approximate surface area is 98.1 Å². The van der Waals surface area contributed by atoms with Crippen LogP contribution in [0.3, 0.4) is 0 Å². The molecule has 0 aliphatic carbocycles. The molecule has 0 unspecified atom stereocenters. The van der Waals surface area contributed by atoms with Gasteiger partial charge in [0.05, 0.1) is 27.9 Å². The van der Waals surface area contributed by atoms with E-state index in [1.807, 2.05) is 6.92 Å². The fourth-order valence-electron chi connectivity index (χ4n) is 1.01. The third-order valence-electron chi connectivity index (χ3n) is 1.73. The first kappa shape index (κ1) is 12.1. The summed E-state index contributed by atoms with van der Waals surface area (Å²) < 4.78 is 4.93. The molecular formula is C10H11Cl2NO2. The lowest BCUT2D eigenvalue weighted by Crippen LogP contribution is -2.06. The van der Waals surface area contributed by atoms with Gasteiger partial charge in [-0.05, 0) is 18.6 Å². The predicted octanol–water partition coefficient (Wildman–Crippen LogP) is 3.14. The smallest absolute Gasteiger partial charge is 0.338 e. The summed E-state index contributed by atoms with van der Waals surface area (Å²) >= 11 is 11.5. The summed E-state index contributed by atoms with van der Waals surface area (Å²) in [6.45, 7) is 2.29. The molecule has 5 heteroatoms. The molecule has 0 saturated heterocycles. The lowest BCUT2D eigenvalue weighted by Gasteiger charge is -2.06. The maximum absolute atomic E-state index is 11.4. The Bertz CT molecular complexity index is 357. The predicted molar refractivity (Wildman–Crippen MR) is 61.4 cm³/mol. The highest BCUT2D eigenvalue weighted by Gasteiger charge is 2.11. The molecule has 1 aromatic rings. The Morgan fingerprint density at radius 3 is 2.67 bits per heavy atom. The molecule has 0 fully saturated rings. The lowest BCUT2D eigenvalue weighted by molar-refractivity contribution is 0.0505. The fourth-order valence-corrected chi connectivity index (χ4v) is 1.34. The van der Waals surface area contributed by atoms with E-state index in [4.69, 9.17) is 33.7 Å². The second-order valence-electron chi connectivity index (χ2n) is 3.00. The summed E-state index contributed by atoms with van der Waals surface area (Å²) in [6, 6.07) is 2.89. The molecule has 0 aliphatic rings. The summed E-state index contributed by atoms with van der Waals surface area (Å²) in [5.41, 5.74) is 6.15. The summed E-state index contributed by atoms with van der Waals surface area (Å²) in [5.74, 6) is -0.442. The highest BCUT2D eigenvalue weighted by atomic mass is 35.5. The molecule has 1 aromatic carbocycles. The molecule has 0 saturated carbocycles. The number of anilines is 1. The van der Waals surface area contributed by atoms with Crippen LogP contribution in [-0.4, -0.2) is 12.6 Å². The van der Waals surface area contributed by atoms with E-state index in [-0.39, 0.29) is 15.7 Å². The van der Waals surface area contributed by atoms with E-state index in [0.29, 0.717) is 12.2 Å². The molecule has 82 valence electrons. The minimum atomic E-state index is -0.442. The minimum Gasteiger partial charge on any atom is -0.462 e. The van der Waals surface area contributed by atoms with E-state index in [1.165, 1.54) is 12.1 Å². The van der Waals surface area contributed by atoms with Crippen molar-refractivity contribution in [1.82, 2.24) is 0 Å². The number of nitrogen functional groups attached to an aromatic ring is 1. The van der Waals surface area contributed by atoms with E-state index in [1.54, 1.807) is 0 Å². The second-order valence-corrected chi connectivity index (χ2v) is 3.78. The van der Waals surface area contributed by atoms with Crippen LogP contribution in [0.15, 0.2) is 12.1 Å². The first-order chi connectivity index (χ1) is 7.06. The molecule has 1 rings (SSSR count). The molecule has 2 N–H and O–H groups in total. The number of carbonyl (C=O) groups excluding carboxylic acids is 1. The Morgan fingerprint density at radius 2 is 2.13 bits per heavy atom. The number of nitrogens with two attached hydrogens (primary N) is 1. The van der Waals surface area contributed by atoms with Crippen LogP contribution >= 0.6 is 23.2 Å². The van der Waals surface area contributed by atoms with Crippen molar-refractivity contribution in [2.45, 2.75) is 13.3 Å². The molecule has 0 radical (unpaired) electrons. The van der Waals surface area contributed by atoms with Crippen molar-refractivity contribution in [3.05, 3.63) is 27.7 Å². The minimum absolute atomic E-state index is 0.250. The zero-order valence-electron chi connectivity index (χ0n) is 8.22. The van der Waals surface area contributed by atoms with Crippen molar-refractivity contribution in [2.75, 3.05) is 12.3 Å². The second kappa shape index (κ2) is 5.24. The van der Waals surface area contributed by atoms with Gasteiger partial charge in [-0.3, -0.25) is 0 Å². The van der Waals surface area contributed by atoms with E-state index in [9.17, 15) is 4.79 Å². The quantitative estimate of drug-likeness (QED) is 0.660. The van der Waals surface area contributed by atoms with Gasteiger partial charge in [0.2, 0.25) is 0 Å². The first-order valence-corrected chi connectivity index (χ1v) is 5.23. The molecule has 3 nitrogen and oxygen atoms in total. The van der Waals surface area contributed by atoms with E-state index in [2.05, 4.69) is 0 Å².